The fourth-order valence-electron chi connectivity index (χ4n) is 3.30. The number of allylic oxidation sites excluding steroid dienone is 1. The van der Waals surface area contributed by atoms with Gasteiger partial charge in [-0.05, 0) is 50.3 Å². The zero-order valence-electron chi connectivity index (χ0n) is 15.3. The van der Waals surface area contributed by atoms with E-state index in [2.05, 4.69) is 16.5 Å². The summed E-state index contributed by atoms with van der Waals surface area (Å²) in [6.45, 7) is 5.71. The lowest BCUT2D eigenvalue weighted by atomic mass is 9.96. The molecule has 0 aliphatic heterocycles. The quantitative estimate of drug-likeness (QED) is 0.721. The van der Waals surface area contributed by atoms with Crippen molar-refractivity contribution >= 4 is 0 Å². The van der Waals surface area contributed by atoms with E-state index < -0.39 is 5.82 Å². The highest BCUT2D eigenvalue weighted by molar-refractivity contribution is 5.62. The Kier molecular flexibility index (Phi) is 4.72. The number of benzene rings is 1. The molecular weight excluding hydrogens is 347 g/mol. The number of aliphatic hydroxyl groups is 1. The number of hydrogen-bond acceptors (Lipinski definition) is 5. The fraction of sp³-hybridized carbons (Fsp3) is 0.429. The van der Waals surface area contributed by atoms with Crippen LogP contribution < -0.4 is 9.47 Å². The van der Waals surface area contributed by atoms with E-state index in [1.165, 1.54) is 12.5 Å². The van der Waals surface area contributed by atoms with E-state index >= 15 is 0 Å². The number of aryl methyl sites for hydroxylation is 1. The van der Waals surface area contributed by atoms with Gasteiger partial charge in [-0.3, -0.25) is 4.98 Å². The molecule has 2 saturated carbocycles. The third kappa shape index (κ3) is 3.89. The Hall–Kier alpha value is -2.63. The Morgan fingerprint density at radius 3 is 2.78 bits per heavy atom. The van der Waals surface area contributed by atoms with Crippen LogP contribution in [0.5, 0.6) is 11.6 Å². The van der Waals surface area contributed by atoms with E-state index in [9.17, 15) is 9.50 Å². The van der Waals surface area contributed by atoms with Crippen LogP contribution in [0.3, 0.4) is 0 Å². The van der Waals surface area contributed by atoms with Gasteiger partial charge in [-0.15, -0.1) is 0 Å². The standard InChI is InChI=1S/C21H23FN2O3/c1-12-6-14(19-9-23-10-20(24-19)27-16-4-3-5-16)8-18(22)21(12)26-11-15-7-17(15)13(2)25/h6,8-10,15-17,25H,2-5,7,11H2,1H3. The zero-order valence-corrected chi connectivity index (χ0v) is 15.3. The van der Waals surface area contributed by atoms with Crippen molar-refractivity contribution in [3.8, 4) is 22.9 Å². The normalized spacial score (nSPS) is 21.4. The molecule has 1 aromatic heterocycles. The van der Waals surface area contributed by atoms with Gasteiger partial charge in [0.2, 0.25) is 5.88 Å². The van der Waals surface area contributed by atoms with E-state index in [0.717, 1.165) is 19.3 Å². The van der Waals surface area contributed by atoms with Crippen LogP contribution in [0.1, 0.15) is 31.2 Å². The molecule has 2 aromatic rings. The summed E-state index contributed by atoms with van der Waals surface area (Å²) in [5.74, 6) is 0.728. The van der Waals surface area contributed by atoms with Gasteiger partial charge in [0, 0.05) is 17.4 Å². The van der Waals surface area contributed by atoms with Crippen LogP contribution in [0, 0.1) is 24.6 Å². The maximum absolute atomic E-state index is 14.6. The molecule has 2 unspecified atom stereocenters. The lowest BCUT2D eigenvalue weighted by Crippen LogP contribution is -2.25. The second-order valence-electron chi connectivity index (χ2n) is 7.42. The first-order chi connectivity index (χ1) is 13.0. The molecule has 1 aromatic carbocycles. The topological polar surface area (TPSA) is 64.5 Å². The largest absolute Gasteiger partial charge is 0.513 e. The molecule has 0 bridgehead atoms. The molecular formula is C21H23FN2O3. The third-order valence-electron chi connectivity index (χ3n) is 5.27. The van der Waals surface area contributed by atoms with Gasteiger partial charge in [0.1, 0.15) is 6.10 Å². The molecule has 6 heteroatoms. The Bertz CT molecular complexity index is 843. The van der Waals surface area contributed by atoms with E-state index in [1.807, 2.05) is 6.07 Å². The molecule has 5 nitrogen and oxygen atoms in total. The SMILES string of the molecule is C=C(O)C1CC1COc1c(C)cc(-c2cncc(OC3CCC3)n2)cc1F. The van der Waals surface area contributed by atoms with Crippen molar-refractivity contribution in [1.29, 1.82) is 0 Å². The number of rotatable bonds is 7. The first-order valence-electron chi connectivity index (χ1n) is 9.31. The van der Waals surface area contributed by atoms with Crippen molar-refractivity contribution in [3.05, 3.63) is 48.2 Å². The molecule has 2 aliphatic rings. The predicted octanol–water partition coefficient (Wildman–Crippen LogP) is 4.61. The molecule has 1 N–H and O–H groups in total. The maximum Gasteiger partial charge on any atom is 0.233 e. The van der Waals surface area contributed by atoms with Crippen molar-refractivity contribution in [2.45, 2.75) is 38.7 Å². The Labute approximate surface area is 157 Å². The van der Waals surface area contributed by atoms with Crippen LogP contribution in [0.2, 0.25) is 0 Å². The molecule has 0 radical (unpaired) electrons. The Balaban J connectivity index is 1.48. The van der Waals surface area contributed by atoms with Crippen molar-refractivity contribution in [2.75, 3.05) is 6.61 Å². The first-order valence-corrected chi connectivity index (χ1v) is 9.31. The van der Waals surface area contributed by atoms with Crippen molar-refractivity contribution in [1.82, 2.24) is 9.97 Å². The number of hydrogen-bond donors (Lipinski definition) is 1. The molecule has 4 rings (SSSR count). The average Bonchev–Trinajstić information content (AvgIpc) is 3.37. The number of aliphatic hydroxyl groups excluding tert-OH is 1. The van der Waals surface area contributed by atoms with Crippen molar-refractivity contribution < 1.29 is 19.0 Å². The van der Waals surface area contributed by atoms with Crippen LogP contribution in [-0.2, 0) is 0 Å². The summed E-state index contributed by atoms with van der Waals surface area (Å²) in [4.78, 5) is 8.63. The molecule has 2 fully saturated rings. The molecule has 27 heavy (non-hydrogen) atoms. The van der Waals surface area contributed by atoms with Gasteiger partial charge in [-0.25, -0.2) is 9.37 Å². The molecule has 0 spiro atoms. The zero-order chi connectivity index (χ0) is 19.0. The van der Waals surface area contributed by atoms with Gasteiger partial charge >= 0.3 is 0 Å². The second-order valence-corrected chi connectivity index (χ2v) is 7.42. The number of ether oxygens (including phenoxy) is 2. The second kappa shape index (κ2) is 7.18. The lowest BCUT2D eigenvalue weighted by molar-refractivity contribution is 0.114. The van der Waals surface area contributed by atoms with Crippen molar-refractivity contribution in [2.24, 2.45) is 11.8 Å². The summed E-state index contributed by atoms with van der Waals surface area (Å²) in [7, 11) is 0. The van der Waals surface area contributed by atoms with Crippen molar-refractivity contribution in [3.63, 3.8) is 0 Å². The molecule has 0 saturated heterocycles. The van der Waals surface area contributed by atoms with Gasteiger partial charge in [0.05, 0.1) is 30.5 Å². The molecule has 1 heterocycles. The predicted molar refractivity (Wildman–Crippen MR) is 99.3 cm³/mol. The summed E-state index contributed by atoms with van der Waals surface area (Å²) in [6, 6.07) is 3.25. The minimum absolute atomic E-state index is 0.0707. The van der Waals surface area contributed by atoms with Gasteiger partial charge in [-0.1, -0.05) is 6.58 Å². The van der Waals surface area contributed by atoms with Gasteiger partial charge in [0.25, 0.3) is 0 Å². The summed E-state index contributed by atoms with van der Waals surface area (Å²) in [5.41, 5.74) is 1.90. The van der Waals surface area contributed by atoms with Crippen LogP contribution >= 0.6 is 0 Å². The smallest absolute Gasteiger partial charge is 0.233 e. The lowest BCUT2D eigenvalue weighted by Gasteiger charge is -2.25. The van der Waals surface area contributed by atoms with Gasteiger partial charge in [0.15, 0.2) is 11.6 Å². The van der Waals surface area contributed by atoms with E-state index in [1.54, 1.807) is 19.3 Å². The van der Waals surface area contributed by atoms with Crippen LogP contribution in [-0.4, -0.2) is 27.8 Å². The summed E-state index contributed by atoms with van der Waals surface area (Å²) in [5, 5.41) is 9.38. The number of halogens is 1. The van der Waals surface area contributed by atoms with Crippen LogP contribution in [0.25, 0.3) is 11.3 Å². The number of nitrogens with zero attached hydrogens (tertiary/aromatic N) is 2. The minimum Gasteiger partial charge on any atom is -0.513 e. The molecule has 2 atom stereocenters. The maximum atomic E-state index is 14.6. The Morgan fingerprint density at radius 2 is 2.15 bits per heavy atom. The molecule has 142 valence electrons. The first kappa shape index (κ1) is 17.8. The third-order valence-corrected chi connectivity index (χ3v) is 5.27. The highest BCUT2D eigenvalue weighted by Crippen LogP contribution is 2.43. The van der Waals surface area contributed by atoms with E-state index in [0.29, 0.717) is 29.3 Å². The average molecular weight is 370 g/mol. The summed E-state index contributed by atoms with van der Waals surface area (Å²) in [6.07, 6.45) is 7.49. The highest BCUT2D eigenvalue weighted by Gasteiger charge is 2.40. The minimum atomic E-state index is -0.433. The summed E-state index contributed by atoms with van der Waals surface area (Å²) < 4.78 is 26.1. The van der Waals surface area contributed by atoms with Crippen LogP contribution in [0.4, 0.5) is 4.39 Å². The van der Waals surface area contributed by atoms with E-state index in [-0.39, 0.29) is 29.4 Å². The Morgan fingerprint density at radius 1 is 1.33 bits per heavy atom. The highest BCUT2D eigenvalue weighted by atomic mass is 19.1. The molecule has 0 amide bonds. The van der Waals surface area contributed by atoms with Gasteiger partial charge < -0.3 is 14.6 Å². The summed E-state index contributed by atoms with van der Waals surface area (Å²) >= 11 is 0. The van der Waals surface area contributed by atoms with Gasteiger partial charge in [-0.2, -0.15) is 0 Å². The molecule has 2 aliphatic carbocycles. The monoisotopic (exact) mass is 370 g/mol. The van der Waals surface area contributed by atoms with E-state index in [4.69, 9.17) is 9.47 Å². The fourth-order valence-corrected chi connectivity index (χ4v) is 3.30. The number of aromatic nitrogens is 2. The van der Waals surface area contributed by atoms with Crippen LogP contribution in [0.15, 0.2) is 36.9 Å².